The number of benzene rings is 1. The minimum absolute atomic E-state index is 0.666. The Labute approximate surface area is 108 Å². The molecule has 2 aliphatic rings. The maximum Gasteiger partial charge on any atom is 0.161 e. The van der Waals surface area contributed by atoms with E-state index in [1.165, 1.54) is 37.1 Å². The number of ether oxygens (including phenoxy) is 2. The van der Waals surface area contributed by atoms with Crippen molar-refractivity contribution in [1.29, 1.82) is 0 Å². The summed E-state index contributed by atoms with van der Waals surface area (Å²) in [4.78, 5) is 0. The van der Waals surface area contributed by atoms with E-state index >= 15 is 0 Å². The SMILES string of the molecule is Cc1cc2c(cc1CCC1CCNC1)OCCO2. The van der Waals surface area contributed by atoms with Crippen molar-refractivity contribution in [2.45, 2.75) is 26.2 Å². The van der Waals surface area contributed by atoms with Crippen LogP contribution in [0.1, 0.15) is 24.0 Å². The lowest BCUT2D eigenvalue weighted by molar-refractivity contribution is 0.171. The Morgan fingerprint density at radius 2 is 2.00 bits per heavy atom. The van der Waals surface area contributed by atoms with Gasteiger partial charge in [0.15, 0.2) is 11.5 Å². The van der Waals surface area contributed by atoms with Gasteiger partial charge in [-0.2, -0.15) is 0 Å². The molecule has 1 fully saturated rings. The van der Waals surface area contributed by atoms with Gasteiger partial charge in [-0.1, -0.05) is 0 Å². The Morgan fingerprint density at radius 3 is 2.72 bits per heavy atom. The molecule has 0 bridgehead atoms. The molecule has 1 unspecified atom stereocenters. The van der Waals surface area contributed by atoms with Gasteiger partial charge < -0.3 is 14.8 Å². The summed E-state index contributed by atoms with van der Waals surface area (Å²) in [5.74, 6) is 2.68. The molecule has 3 rings (SSSR count). The molecule has 1 aromatic carbocycles. The van der Waals surface area contributed by atoms with E-state index in [1.54, 1.807) is 0 Å². The second kappa shape index (κ2) is 5.19. The molecule has 3 nitrogen and oxygen atoms in total. The van der Waals surface area contributed by atoms with Crippen LogP contribution in [0.15, 0.2) is 12.1 Å². The molecule has 1 atom stereocenters. The van der Waals surface area contributed by atoms with E-state index in [1.807, 2.05) is 0 Å². The van der Waals surface area contributed by atoms with E-state index in [2.05, 4.69) is 24.4 Å². The average Bonchev–Trinajstić information content (AvgIpc) is 2.89. The van der Waals surface area contributed by atoms with Gasteiger partial charge in [0.25, 0.3) is 0 Å². The van der Waals surface area contributed by atoms with E-state index in [0.29, 0.717) is 13.2 Å². The summed E-state index contributed by atoms with van der Waals surface area (Å²) in [5, 5.41) is 3.43. The van der Waals surface area contributed by atoms with Crippen molar-refractivity contribution in [1.82, 2.24) is 5.32 Å². The third-order valence-corrected chi connectivity index (χ3v) is 3.99. The molecular formula is C15H21NO2. The molecule has 0 amide bonds. The van der Waals surface area contributed by atoms with Gasteiger partial charge in [0.05, 0.1) is 0 Å². The first-order valence-electron chi connectivity index (χ1n) is 6.93. The Morgan fingerprint density at radius 1 is 1.22 bits per heavy atom. The van der Waals surface area contributed by atoms with Crippen LogP contribution in [0.3, 0.4) is 0 Å². The maximum atomic E-state index is 5.65. The van der Waals surface area contributed by atoms with E-state index < -0.39 is 0 Å². The van der Waals surface area contributed by atoms with E-state index in [9.17, 15) is 0 Å². The van der Waals surface area contributed by atoms with Crippen LogP contribution in [0.5, 0.6) is 11.5 Å². The number of hydrogen-bond acceptors (Lipinski definition) is 3. The molecule has 0 saturated carbocycles. The molecule has 2 aliphatic heterocycles. The summed E-state index contributed by atoms with van der Waals surface area (Å²) in [7, 11) is 0. The van der Waals surface area contributed by atoms with Crippen LogP contribution in [-0.2, 0) is 6.42 Å². The molecule has 0 spiro atoms. The van der Waals surface area contributed by atoms with Crippen molar-refractivity contribution < 1.29 is 9.47 Å². The largest absolute Gasteiger partial charge is 0.486 e. The minimum Gasteiger partial charge on any atom is -0.486 e. The standard InChI is InChI=1S/C15H21NO2/c1-11-8-14-15(18-7-6-17-14)9-13(11)3-2-12-4-5-16-10-12/h8-9,12,16H,2-7,10H2,1H3. The highest BCUT2D eigenvalue weighted by atomic mass is 16.6. The first-order chi connectivity index (χ1) is 8.83. The lowest BCUT2D eigenvalue weighted by Gasteiger charge is -2.20. The molecule has 2 heterocycles. The summed E-state index contributed by atoms with van der Waals surface area (Å²) >= 11 is 0. The second-order valence-electron chi connectivity index (χ2n) is 5.32. The van der Waals surface area contributed by atoms with Crippen molar-refractivity contribution in [3.8, 4) is 11.5 Å². The molecule has 3 heteroatoms. The predicted molar refractivity (Wildman–Crippen MR) is 71.5 cm³/mol. The summed E-state index contributed by atoms with van der Waals surface area (Å²) < 4.78 is 11.3. The normalized spacial score (nSPS) is 22.2. The summed E-state index contributed by atoms with van der Waals surface area (Å²) in [6.07, 6.45) is 3.74. The number of fused-ring (bicyclic) bond motifs is 1. The first kappa shape index (κ1) is 11.8. The highest BCUT2D eigenvalue weighted by molar-refractivity contribution is 5.47. The molecule has 0 aromatic heterocycles. The average molecular weight is 247 g/mol. The lowest BCUT2D eigenvalue weighted by Crippen LogP contribution is -2.16. The Kier molecular flexibility index (Phi) is 3.41. The molecule has 18 heavy (non-hydrogen) atoms. The van der Waals surface area contributed by atoms with Gasteiger partial charge in [-0.25, -0.2) is 0 Å². The van der Waals surface area contributed by atoms with Gasteiger partial charge >= 0.3 is 0 Å². The van der Waals surface area contributed by atoms with Gasteiger partial charge in [-0.05, 0) is 68.5 Å². The minimum atomic E-state index is 0.666. The van der Waals surface area contributed by atoms with Crippen molar-refractivity contribution >= 4 is 0 Å². The fourth-order valence-corrected chi connectivity index (χ4v) is 2.82. The second-order valence-corrected chi connectivity index (χ2v) is 5.32. The van der Waals surface area contributed by atoms with Crippen LogP contribution in [0, 0.1) is 12.8 Å². The molecule has 0 aliphatic carbocycles. The molecule has 0 radical (unpaired) electrons. The van der Waals surface area contributed by atoms with Gasteiger partial charge in [0, 0.05) is 0 Å². The zero-order valence-electron chi connectivity index (χ0n) is 11.0. The van der Waals surface area contributed by atoms with Crippen LogP contribution in [0.2, 0.25) is 0 Å². The summed E-state index contributed by atoms with van der Waals surface area (Å²) in [6.45, 7) is 5.87. The predicted octanol–water partition coefficient (Wildman–Crippen LogP) is 2.31. The third kappa shape index (κ3) is 2.46. The van der Waals surface area contributed by atoms with Crippen LogP contribution in [0.25, 0.3) is 0 Å². The Bertz CT molecular complexity index is 425. The molecule has 1 aromatic rings. The fourth-order valence-electron chi connectivity index (χ4n) is 2.82. The third-order valence-electron chi connectivity index (χ3n) is 3.99. The van der Waals surface area contributed by atoms with Crippen molar-refractivity contribution in [3.05, 3.63) is 23.3 Å². The topological polar surface area (TPSA) is 30.5 Å². The van der Waals surface area contributed by atoms with Gasteiger partial charge in [0.1, 0.15) is 13.2 Å². The highest BCUT2D eigenvalue weighted by Gasteiger charge is 2.17. The Hall–Kier alpha value is -1.22. The number of hydrogen-bond donors (Lipinski definition) is 1. The lowest BCUT2D eigenvalue weighted by atomic mass is 9.96. The number of rotatable bonds is 3. The van der Waals surface area contributed by atoms with Crippen LogP contribution in [0.4, 0.5) is 0 Å². The van der Waals surface area contributed by atoms with Crippen LogP contribution < -0.4 is 14.8 Å². The van der Waals surface area contributed by atoms with E-state index in [-0.39, 0.29) is 0 Å². The maximum absolute atomic E-state index is 5.65. The summed E-state index contributed by atoms with van der Waals surface area (Å²) in [5.41, 5.74) is 2.73. The fraction of sp³-hybridized carbons (Fsp3) is 0.600. The highest BCUT2D eigenvalue weighted by Crippen LogP contribution is 2.33. The first-order valence-corrected chi connectivity index (χ1v) is 6.93. The van der Waals surface area contributed by atoms with Crippen molar-refractivity contribution in [2.24, 2.45) is 5.92 Å². The van der Waals surface area contributed by atoms with Crippen LogP contribution in [-0.4, -0.2) is 26.3 Å². The van der Waals surface area contributed by atoms with Crippen LogP contribution >= 0.6 is 0 Å². The zero-order chi connectivity index (χ0) is 12.4. The zero-order valence-corrected chi connectivity index (χ0v) is 11.0. The quantitative estimate of drug-likeness (QED) is 0.889. The molecule has 1 saturated heterocycles. The summed E-state index contributed by atoms with van der Waals surface area (Å²) in [6, 6.07) is 4.29. The molecule has 1 N–H and O–H groups in total. The van der Waals surface area contributed by atoms with Gasteiger partial charge in [-0.3, -0.25) is 0 Å². The monoisotopic (exact) mass is 247 g/mol. The molecular weight excluding hydrogens is 226 g/mol. The smallest absolute Gasteiger partial charge is 0.161 e. The van der Waals surface area contributed by atoms with Crippen molar-refractivity contribution in [2.75, 3.05) is 26.3 Å². The Balaban J connectivity index is 1.70. The van der Waals surface area contributed by atoms with Gasteiger partial charge in [0.2, 0.25) is 0 Å². The van der Waals surface area contributed by atoms with E-state index in [0.717, 1.165) is 23.8 Å². The van der Waals surface area contributed by atoms with Gasteiger partial charge in [-0.15, -0.1) is 0 Å². The number of aryl methyl sites for hydroxylation is 2. The number of nitrogens with one attached hydrogen (secondary N) is 1. The van der Waals surface area contributed by atoms with Crippen molar-refractivity contribution in [3.63, 3.8) is 0 Å². The molecule has 98 valence electrons. The van der Waals surface area contributed by atoms with E-state index in [4.69, 9.17) is 9.47 Å².